The molecule has 0 bridgehead atoms. The van der Waals surface area contributed by atoms with Crippen LogP contribution < -0.4 is 0 Å². The molecule has 0 amide bonds. The number of esters is 1. The van der Waals surface area contributed by atoms with Crippen LogP contribution in [0.3, 0.4) is 0 Å². The second-order valence-corrected chi connectivity index (χ2v) is 3.89. The van der Waals surface area contributed by atoms with E-state index in [1.165, 1.54) is 11.1 Å². The predicted molar refractivity (Wildman–Crippen MR) is 63.6 cm³/mol. The summed E-state index contributed by atoms with van der Waals surface area (Å²) in [5, 5.41) is 8.24. The molecule has 0 spiro atoms. The number of carbonyl (C=O) groups excluding carboxylic acids is 1. The first-order chi connectivity index (χ1) is 7.56. The summed E-state index contributed by atoms with van der Waals surface area (Å²) in [6.07, 6.45) is 5.87. The van der Waals surface area contributed by atoms with E-state index in [9.17, 15) is 4.79 Å². The lowest BCUT2D eigenvalue weighted by atomic mass is 10.1. The maximum absolute atomic E-state index is 10.8. The Balaban J connectivity index is 3.75. The van der Waals surface area contributed by atoms with Crippen molar-refractivity contribution in [3.63, 3.8) is 0 Å². The van der Waals surface area contributed by atoms with E-state index in [2.05, 4.69) is 19.9 Å². The Morgan fingerprint density at radius 2 is 2.00 bits per heavy atom. The second-order valence-electron chi connectivity index (χ2n) is 3.89. The number of hydrogen-bond acceptors (Lipinski definition) is 3. The minimum atomic E-state index is -0.462. The van der Waals surface area contributed by atoms with Gasteiger partial charge in [0.15, 0.2) is 0 Å². The van der Waals surface area contributed by atoms with E-state index >= 15 is 0 Å². The van der Waals surface area contributed by atoms with Crippen molar-refractivity contribution in [2.45, 2.75) is 40.0 Å². The third-order valence-corrected chi connectivity index (χ3v) is 1.99. The molecule has 0 aliphatic heterocycles. The average Bonchev–Trinajstić information content (AvgIpc) is 2.17. The Kier molecular flexibility index (Phi) is 7.87. The Hall–Kier alpha value is -1.56. The van der Waals surface area contributed by atoms with Gasteiger partial charge in [-0.05, 0) is 39.7 Å². The molecule has 0 fully saturated rings. The Morgan fingerprint density at radius 3 is 2.56 bits per heavy atom. The Morgan fingerprint density at radius 1 is 1.31 bits per heavy atom. The van der Waals surface area contributed by atoms with Gasteiger partial charge in [-0.25, -0.2) is 0 Å². The molecule has 0 aromatic rings. The summed E-state index contributed by atoms with van der Waals surface area (Å²) in [7, 11) is 0. The van der Waals surface area contributed by atoms with Gasteiger partial charge in [0, 0.05) is 0 Å². The fourth-order valence-corrected chi connectivity index (χ4v) is 1.08. The molecule has 0 heterocycles. The molecule has 0 aliphatic rings. The van der Waals surface area contributed by atoms with Crippen LogP contribution in [0, 0.1) is 11.3 Å². The van der Waals surface area contributed by atoms with Gasteiger partial charge >= 0.3 is 5.97 Å². The van der Waals surface area contributed by atoms with Crippen molar-refractivity contribution < 1.29 is 9.53 Å². The van der Waals surface area contributed by atoms with Crippen LogP contribution in [0.5, 0.6) is 0 Å². The van der Waals surface area contributed by atoms with Crippen LogP contribution >= 0.6 is 0 Å². The summed E-state index contributed by atoms with van der Waals surface area (Å²) < 4.78 is 4.83. The summed E-state index contributed by atoms with van der Waals surface area (Å²) in [5.74, 6) is -0.462. The van der Waals surface area contributed by atoms with Crippen molar-refractivity contribution in [3.8, 4) is 6.07 Å². The van der Waals surface area contributed by atoms with E-state index in [0.29, 0.717) is 0 Å². The van der Waals surface area contributed by atoms with Crippen molar-refractivity contribution in [1.82, 2.24) is 0 Å². The highest BCUT2D eigenvalue weighted by Crippen LogP contribution is 2.06. The Bertz CT molecular complexity index is 317. The van der Waals surface area contributed by atoms with Crippen molar-refractivity contribution >= 4 is 5.97 Å². The SMILES string of the molecule is CC(C)=CCCC(C)=CCOC(=O)CC#N. The van der Waals surface area contributed by atoms with Gasteiger partial charge in [0.2, 0.25) is 0 Å². The lowest BCUT2D eigenvalue weighted by molar-refractivity contribution is -0.141. The molecule has 3 nitrogen and oxygen atoms in total. The monoisotopic (exact) mass is 221 g/mol. The van der Waals surface area contributed by atoms with Crippen molar-refractivity contribution in [3.05, 3.63) is 23.3 Å². The molecule has 0 rings (SSSR count). The number of nitriles is 1. The Labute approximate surface area is 97.4 Å². The van der Waals surface area contributed by atoms with Crippen LogP contribution in [0.25, 0.3) is 0 Å². The summed E-state index contributed by atoms with van der Waals surface area (Å²) in [4.78, 5) is 10.8. The molecule has 0 radical (unpaired) electrons. The van der Waals surface area contributed by atoms with Gasteiger partial charge in [-0.3, -0.25) is 4.79 Å². The highest BCUT2D eigenvalue weighted by molar-refractivity contribution is 5.71. The number of hydrogen-bond donors (Lipinski definition) is 0. The number of ether oxygens (including phenoxy) is 1. The van der Waals surface area contributed by atoms with E-state index in [1.807, 2.05) is 13.0 Å². The van der Waals surface area contributed by atoms with Crippen LogP contribution in [0.2, 0.25) is 0 Å². The van der Waals surface area contributed by atoms with Crippen molar-refractivity contribution in [2.24, 2.45) is 0 Å². The van der Waals surface area contributed by atoms with Crippen LogP contribution in [0.1, 0.15) is 40.0 Å². The molecule has 0 unspecified atom stereocenters. The zero-order valence-electron chi connectivity index (χ0n) is 10.2. The van der Waals surface area contributed by atoms with Gasteiger partial charge in [0.25, 0.3) is 0 Å². The molecule has 0 aliphatic carbocycles. The molecular formula is C13H19NO2. The van der Waals surface area contributed by atoms with Crippen LogP contribution in [-0.2, 0) is 9.53 Å². The number of carbonyl (C=O) groups is 1. The zero-order chi connectivity index (χ0) is 12.4. The highest BCUT2D eigenvalue weighted by Gasteiger charge is 1.98. The third kappa shape index (κ3) is 9.01. The molecule has 0 N–H and O–H groups in total. The minimum absolute atomic E-state index is 0.176. The first kappa shape index (κ1) is 14.4. The van der Waals surface area contributed by atoms with Crippen LogP contribution in [-0.4, -0.2) is 12.6 Å². The first-order valence-electron chi connectivity index (χ1n) is 5.38. The molecular weight excluding hydrogens is 202 g/mol. The summed E-state index contributed by atoms with van der Waals surface area (Å²) in [6.45, 7) is 6.42. The molecule has 0 saturated carbocycles. The zero-order valence-corrected chi connectivity index (χ0v) is 10.2. The van der Waals surface area contributed by atoms with Gasteiger partial charge in [-0.1, -0.05) is 17.2 Å². The van der Waals surface area contributed by atoms with Gasteiger partial charge in [0.05, 0.1) is 6.07 Å². The van der Waals surface area contributed by atoms with Crippen molar-refractivity contribution in [2.75, 3.05) is 6.61 Å². The van der Waals surface area contributed by atoms with Gasteiger partial charge in [-0.2, -0.15) is 5.26 Å². The largest absolute Gasteiger partial charge is 0.461 e. The molecule has 0 atom stereocenters. The number of rotatable bonds is 6. The van der Waals surface area contributed by atoms with E-state index in [4.69, 9.17) is 10.00 Å². The lowest BCUT2D eigenvalue weighted by Gasteiger charge is -2.00. The van der Waals surface area contributed by atoms with E-state index in [1.54, 1.807) is 6.07 Å². The first-order valence-corrected chi connectivity index (χ1v) is 5.38. The molecule has 16 heavy (non-hydrogen) atoms. The molecule has 3 heteroatoms. The van der Waals surface area contributed by atoms with E-state index < -0.39 is 5.97 Å². The predicted octanol–water partition coefficient (Wildman–Crippen LogP) is 3.14. The fourth-order valence-electron chi connectivity index (χ4n) is 1.08. The maximum atomic E-state index is 10.8. The van der Waals surface area contributed by atoms with Gasteiger partial charge in [0.1, 0.15) is 13.0 Å². The summed E-state index contributed by atoms with van der Waals surface area (Å²) >= 11 is 0. The summed E-state index contributed by atoms with van der Waals surface area (Å²) in [6, 6.07) is 1.75. The highest BCUT2D eigenvalue weighted by atomic mass is 16.5. The average molecular weight is 221 g/mol. The maximum Gasteiger partial charge on any atom is 0.320 e. The smallest absolute Gasteiger partial charge is 0.320 e. The fraction of sp³-hybridized carbons (Fsp3) is 0.538. The normalized spacial score (nSPS) is 10.5. The quantitative estimate of drug-likeness (QED) is 0.511. The second kappa shape index (κ2) is 8.72. The van der Waals surface area contributed by atoms with Crippen LogP contribution in [0.4, 0.5) is 0 Å². The van der Waals surface area contributed by atoms with Gasteiger partial charge in [-0.15, -0.1) is 0 Å². The third-order valence-electron chi connectivity index (χ3n) is 1.99. The van der Waals surface area contributed by atoms with E-state index in [0.717, 1.165) is 12.8 Å². The number of allylic oxidation sites excluding steroid dienone is 3. The minimum Gasteiger partial charge on any atom is -0.461 e. The molecule has 0 saturated heterocycles. The van der Waals surface area contributed by atoms with Gasteiger partial charge < -0.3 is 4.74 Å². The number of nitrogens with zero attached hydrogens (tertiary/aromatic N) is 1. The summed E-state index contributed by atoms with van der Waals surface area (Å²) in [5.41, 5.74) is 2.51. The lowest BCUT2D eigenvalue weighted by Crippen LogP contribution is -2.03. The van der Waals surface area contributed by atoms with E-state index in [-0.39, 0.29) is 13.0 Å². The molecule has 0 aromatic heterocycles. The molecule has 0 aromatic carbocycles. The standard InChI is InChI=1S/C13H19NO2/c1-11(2)5-4-6-12(3)8-10-16-13(15)7-9-14/h5,8H,4,6-7,10H2,1-3H3. The topological polar surface area (TPSA) is 50.1 Å². The molecule has 88 valence electrons. The van der Waals surface area contributed by atoms with Crippen LogP contribution in [0.15, 0.2) is 23.3 Å². The van der Waals surface area contributed by atoms with Crippen molar-refractivity contribution in [1.29, 1.82) is 5.26 Å².